The van der Waals surface area contributed by atoms with E-state index in [1.54, 1.807) is 6.07 Å². The van der Waals surface area contributed by atoms with E-state index in [4.69, 9.17) is 0 Å². The molecule has 2 rings (SSSR count). The summed E-state index contributed by atoms with van der Waals surface area (Å²) < 4.78 is 0. The van der Waals surface area contributed by atoms with Crippen molar-refractivity contribution < 1.29 is 9.90 Å². The van der Waals surface area contributed by atoms with Gasteiger partial charge in [0.15, 0.2) is 5.78 Å². The van der Waals surface area contributed by atoms with Crippen LogP contribution in [0.5, 0.6) is 5.75 Å². The van der Waals surface area contributed by atoms with Crippen LogP contribution in [0.1, 0.15) is 22.3 Å². The Bertz CT molecular complexity index is 503. The van der Waals surface area contributed by atoms with Crippen LogP contribution >= 0.6 is 0 Å². The first-order valence-electron chi connectivity index (χ1n) is 5.53. The van der Waals surface area contributed by atoms with E-state index in [0.717, 1.165) is 5.56 Å². The molecule has 0 spiro atoms. The standard InChI is InChI=1S/C15H13O2/c16-14-9-5-4-8-13(14)15(17)11-10-12-6-2-1-3-7-12/h1-3,5-9,16H,10-11H2. The average Bonchev–Trinajstić information content (AvgIpc) is 2.38. The van der Waals surface area contributed by atoms with Crippen molar-refractivity contribution >= 4 is 5.78 Å². The molecule has 2 aromatic rings. The topological polar surface area (TPSA) is 37.3 Å². The number of ketones is 1. The lowest BCUT2D eigenvalue weighted by atomic mass is 10.0. The third kappa shape index (κ3) is 2.94. The van der Waals surface area contributed by atoms with Gasteiger partial charge in [-0.2, -0.15) is 0 Å². The molecule has 2 nitrogen and oxygen atoms in total. The van der Waals surface area contributed by atoms with Gasteiger partial charge in [0.25, 0.3) is 0 Å². The molecule has 0 heterocycles. The van der Waals surface area contributed by atoms with Gasteiger partial charge in [0.2, 0.25) is 0 Å². The molecule has 0 atom stereocenters. The Balaban J connectivity index is 2.01. The summed E-state index contributed by atoms with van der Waals surface area (Å²) in [6.07, 6.45) is 1.09. The molecule has 0 saturated heterocycles. The Morgan fingerprint density at radius 3 is 2.65 bits per heavy atom. The first-order valence-corrected chi connectivity index (χ1v) is 5.53. The molecule has 0 aromatic heterocycles. The molecule has 85 valence electrons. The van der Waals surface area contributed by atoms with Crippen molar-refractivity contribution in [1.82, 2.24) is 0 Å². The van der Waals surface area contributed by atoms with Crippen LogP contribution in [-0.2, 0) is 6.42 Å². The molecule has 0 aliphatic carbocycles. The number of hydrogen-bond acceptors (Lipinski definition) is 2. The van der Waals surface area contributed by atoms with Crippen LogP contribution in [0, 0.1) is 6.07 Å². The number of Topliss-reactive ketones (excluding diaryl/α,β-unsaturated/α-hetero) is 1. The molecule has 1 radical (unpaired) electrons. The number of aryl methyl sites for hydroxylation is 1. The van der Waals surface area contributed by atoms with E-state index in [1.165, 1.54) is 12.1 Å². The van der Waals surface area contributed by atoms with Gasteiger partial charge in [0, 0.05) is 6.42 Å². The summed E-state index contributed by atoms with van der Waals surface area (Å²) in [5.74, 6) is -0.0231. The molecular formula is C15H13O2. The van der Waals surface area contributed by atoms with Crippen LogP contribution in [-0.4, -0.2) is 10.9 Å². The highest BCUT2D eigenvalue weighted by atomic mass is 16.3. The van der Waals surface area contributed by atoms with Crippen molar-refractivity contribution in [3.8, 4) is 5.75 Å². The molecule has 0 unspecified atom stereocenters. The van der Waals surface area contributed by atoms with Gasteiger partial charge < -0.3 is 5.11 Å². The van der Waals surface area contributed by atoms with E-state index in [-0.39, 0.29) is 11.5 Å². The van der Waals surface area contributed by atoms with Crippen molar-refractivity contribution in [3.63, 3.8) is 0 Å². The van der Waals surface area contributed by atoms with Gasteiger partial charge in [-0.05, 0) is 30.2 Å². The Labute approximate surface area is 101 Å². The average molecular weight is 225 g/mol. The van der Waals surface area contributed by atoms with E-state index in [0.29, 0.717) is 18.4 Å². The predicted molar refractivity (Wildman–Crippen MR) is 66.0 cm³/mol. The minimum atomic E-state index is -0.0526. The number of carbonyl (C=O) groups excluding carboxylic acids is 1. The van der Waals surface area contributed by atoms with Crippen molar-refractivity contribution in [1.29, 1.82) is 0 Å². The van der Waals surface area contributed by atoms with E-state index in [1.807, 2.05) is 30.3 Å². The van der Waals surface area contributed by atoms with Crippen LogP contribution in [0.15, 0.2) is 48.5 Å². The monoisotopic (exact) mass is 225 g/mol. The number of carbonyl (C=O) groups is 1. The summed E-state index contributed by atoms with van der Waals surface area (Å²) in [7, 11) is 0. The third-order valence-electron chi connectivity index (χ3n) is 2.63. The van der Waals surface area contributed by atoms with Crippen molar-refractivity contribution in [2.24, 2.45) is 0 Å². The zero-order chi connectivity index (χ0) is 12.1. The van der Waals surface area contributed by atoms with Crippen molar-refractivity contribution in [2.45, 2.75) is 12.8 Å². The molecule has 0 aliphatic heterocycles. The third-order valence-corrected chi connectivity index (χ3v) is 2.63. The summed E-state index contributed by atoms with van der Waals surface area (Å²) in [5, 5.41) is 9.54. The second kappa shape index (κ2) is 5.30. The van der Waals surface area contributed by atoms with Gasteiger partial charge >= 0.3 is 0 Å². The number of hydrogen-bond donors (Lipinski definition) is 1. The highest BCUT2D eigenvalue weighted by Crippen LogP contribution is 2.18. The van der Waals surface area contributed by atoms with Crippen molar-refractivity contribution in [2.75, 3.05) is 0 Å². The molecule has 0 saturated carbocycles. The quantitative estimate of drug-likeness (QED) is 0.812. The van der Waals surface area contributed by atoms with Crippen LogP contribution in [0.3, 0.4) is 0 Å². The van der Waals surface area contributed by atoms with E-state index >= 15 is 0 Å². The number of phenols is 1. The second-order valence-electron chi connectivity index (χ2n) is 3.85. The maximum Gasteiger partial charge on any atom is 0.166 e. The predicted octanol–water partition coefficient (Wildman–Crippen LogP) is 3.01. The zero-order valence-corrected chi connectivity index (χ0v) is 9.39. The molecular weight excluding hydrogens is 212 g/mol. The zero-order valence-electron chi connectivity index (χ0n) is 9.39. The Morgan fingerprint density at radius 2 is 1.94 bits per heavy atom. The smallest absolute Gasteiger partial charge is 0.166 e. The lowest BCUT2D eigenvalue weighted by Gasteiger charge is -2.03. The van der Waals surface area contributed by atoms with Crippen LogP contribution in [0.25, 0.3) is 0 Å². The molecule has 1 N–H and O–H groups in total. The maximum atomic E-state index is 11.9. The second-order valence-corrected chi connectivity index (χ2v) is 3.85. The SMILES string of the molecule is O=C(CCc1ccccc1)c1c[c]ccc1O. The van der Waals surface area contributed by atoms with Gasteiger partial charge in [0.05, 0.1) is 5.56 Å². The molecule has 0 bridgehead atoms. The molecule has 17 heavy (non-hydrogen) atoms. The van der Waals surface area contributed by atoms with Crippen LogP contribution < -0.4 is 0 Å². The number of benzene rings is 2. The highest BCUT2D eigenvalue weighted by molar-refractivity contribution is 5.98. The summed E-state index contributed by atoms with van der Waals surface area (Å²) >= 11 is 0. The Morgan fingerprint density at radius 1 is 1.18 bits per heavy atom. The molecule has 0 aliphatic rings. The Hall–Kier alpha value is -2.09. The highest BCUT2D eigenvalue weighted by Gasteiger charge is 2.09. The first kappa shape index (κ1) is 11.4. The van der Waals surface area contributed by atoms with Crippen molar-refractivity contribution in [3.05, 3.63) is 65.7 Å². The lowest BCUT2D eigenvalue weighted by Crippen LogP contribution is -2.01. The fourth-order valence-corrected chi connectivity index (χ4v) is 1.68. The summed E-state index contributed by atoms with van der Waals surface area (Å²) in [6.45, 7) is 0. The fourth-order valence-electron chi connectivity index (χ4n) is 1.68. The van der Waals surface area contributed by atoms with E-state index in [9.17, 15) is 9.90 Å². The summed E-state index contributed by atoms with van der Waals surface area (Å²) in [5.41, 5.74) is 1.48. The number of aromatic hydroxyl groups is 1. The first-order chi connectivity index (χ1) is 8.27. The minimum absolute atomic E-state index is 0.0295. The number of phenolic OH excluding ortho intramolecular Hbond substituents is 1. The van der Waals surface area contributed by atoms with Crippen LogP contribution in [0.4, 0.5) is 0 Å². The fraction of sp³-hybridized carbons (Fsp3) is 0.133. The summed E-state index contributed by atoms with van der Waals surface area (Å²) in [6, 6.07) is 17.2. The molecule has 0 amide bonds. The van der Waals surface area contributed by atoms with E-state index < -0.39 is 0 Å². The van der Waals surface area contributed by atoms with E-state index in [2.05, 4.69) is 6.07 Å². The lowest BCUT2D eigenvalue weighted by molar-refractivity contribution is 0.0980. The maximum absolute atomic E-state index is 11.9. The largest absolute Gasteiger partial charge is 0.507 e. The Kier molecular flexibility index (Phi) is 3.55. The van der Waals surface area contributed by atoms with Gasteiger partial charge in [0.1, 0.15) is 5.75 Å². The summed E-state index contributed by atoms with van der Waals surface area (Å²) in [4.78, 5) is 11.9. The normalized spacial score (nSPS) is 10.1. The molecule has 0 fully saturated rings. The van der Waals surface area contributed by atoms with Gasteiger partial charge in [-0.3, -0.25) is 4.79 Å². The molecule has 2 aromatic carbocycles. The van der Waals surface area contributed by atoms with Gasteiger partial charge in [-0.1, -0.05) is 36.4 Å². The van der Waals surface area contributed by atoms with Gasteiger partial charge in [-0.25, -0.2) is 0 Å². The van der Waals surface area contributed by atoms with Gasteiger partial charge in [-0.15, -0.1) is 0 Å². The van der Waals surface area contributed by atoms with Crippen LogP contribution in [0.2, 0.25) is 0 Å². The number of rotatable bonds is 4. The minimum Gasteiger partial charge on any atom is -0.507 e. The molecule has 2 heteroatoms.